The van der Waals surface area contributed by atoms with Gasteiger partial charge in [-0.05, 0) is 72.9 Å². The topological polar surface area (TPSA) is 454 Å². The molecule has 13 atom stereocenters. The Hall–Kier alpha value is -7.45. The number of nitrogens with two attached hydrogens (primary N) is 1. The molecule has 5 aliphatic rings. The van der Waals surface area contributed by atoms with Gasteiger partial charge in [-0.1, -0.05) is 92.1 Å². The van der Waals surface area contributed by atoms with Crippen LogP contribution in [0.15, 0.2) is 91.0 Å². The third kappa shape index (κ3) is 18.8. The smallest absolute Gasteiger partial charge is 0.691 e. The molecule has 5 aromatic rings. The molecule has 0 radical (unpaired) electrons. The van der Waals surface area contributed by atoms with Crippen molar-refractivity contribution in [3.05, 3.63) is 102 Å². The predicted molar refractivity (Wildman–Crippen MR) is 354 cm³/mol. The van der Waals surface area contributed by atoms with Crippen LogP contribution in [0.2, 0.25) is 0 Å². The maximum Gasteiger partial charge on any atom is 1.00 e. The van der Waals surface area contributed by atoms with E-state index in [4.69, 9.17) is 9.92 Å². The molecule has 14 N–H and O–H groups in total. The molecule has 4 saturated heterocycles. The molecule has 12 unspecified atom stereocenters. The van der Waals surface area contributed by atoms with Gasteiger partial charge in [0.2, 0.25) is 41.4 Å². The molecule has 5 fully saturated rings. The van der Waals surface area contributed by atoms with Gasteiger partial charge in [-0.15, -0.1) is 14.5 Å². The summed E-state index contributed by atoms with van der Waals surface area (Å²) in [5.41, 5.74) is 10.2. The Bertz CT molecular complexity index is 3680. The van der Waals surface area contributed by atoms with Crippen LogP contribution >= 0.6 is 23.7 Å². The van der Waals surface area contributed by atoms with Crippen LogP contribution in [0.25, 0.3) is 32.3 Å². The largest absolute Gasteiger partial charge is 1.00 e. The number of hydrogen-bond acceptors (Lipinski definition) is 25. The van der Waals surface area contributed by atoms with Crippen LogP contribution in [0.3, 0.4) is 0 Å². The Balaban J connectivity index is 0.0000117. The Morgan fingerprint density at radius 1 is 0.720 bits per heavy atom. The first-order chi connectivity index (χ1) is 47.4. The van der Waals surface area contributed by atoms with E-state index in [-0.39, 0.29) is 58.8 Å². The third-order valence-electron chi connectivity index (χ3n) is 18.7. The number of hydrogen-bond donors (Lipinski definition) is 13. The van der Waals surface area contributed by atoms with Gasteiger partial charge in [-0.3, -0.25) is 48.3 Å². The van der Waals surface area contributed by atoms with Crippen molar-refractivity contribution in [1.29, 1.82) is 0 Å². The number of aromatic hydroxyl groups is 1. The second-order valence-corrected chi connectivity index (χ2v) is 27.1. The number of benzene rings is 4. The number of nitrogens with zero attached hydrogens (tertiary/aromatic N) is 6. The molecular formula is C66H81N12NaO19S2. The Labute approximate surface area is 605 Å². The number of rotatable bonds is 18. The fraction of sp³-hybridized carbons (Fsp3) is 0.485. The van der Waals surface area contributed by atoms with Crippen LogP contribution in [0.1, 0.15) is 81.1 Å². The number of aliphatic hydroxyl groups is 6. The maximum absolute atomic E-state index is 14.7. The van der Waals surface area contributed by atoms with E-state index < -0.39 is 177 Å². The van der Waals surface area contributed by atoms with Crippen molar-refractivity contribution < 1.29 is 122 Å². The molecule has 1 aromatic heterocycles. The monoisotopic (exact) mass is 1430 g/mol. The van der Waals surface area contributed by atoms with Crippen molar-refractivity contribution in [2.45, 2.75) is 151 Å². The maximum atomic E-state index is 14.7. The molecule has 4 aromatic carbocycles. The molecule has 1 aliphatic carbocycles. The molecular weight excluding hydrogens is 1350 g/mol. The average Bonchev–Trinajstić information content (AvgIpc) is 1.60. The van der Waals surface area contributed by atoms with Crippen molar-refractivity contribution in [2.24, 2.45) is 11.7 Å². The summed E-state index contributed by atoms with van der Waals surface area (Å²) in [6.07, 6.45) is -7.07. The van der Waals surface area contributed by atoms with Gasteiger partial charge in [0, 0.05) is 99.4 Å². The first-order valence-corrected chi connectivity index (χ1v) is 34.2. The van der Waals surface area contributed by atoms with Gasteiger partial charge in [0.25, 0.3) is 18.2 Å². The van der Waals surface area contributed by atoms with Gasteiger partial charge in [0.15, 0.2) is 11.5 Å². The molecule has 100 heavy (non-hydrogen) atoms. The number of nitrogens with one attached hydrogen (secondary N) is 5. The number of amides is 8. The van der Waals surface area contributed by atoms with E-state index in [0.717, 1.165) is 77.8 Å². The molecule has 5 heterocycles. The summed E-state index contributed by atoms with van der Waals surface area (Å²) in [7, 11) is 0. The summed E-state index contributed by atoms with van der Waals surface area (Å²) in [6, 6.07) is 15.2. The van der Waals surface area contributed by atoms with Crippen molar-refractivity contribution in [1.82, 2.24) is 51.5 Å². The van der Waals surface area contributed by atoms with Crippen LogP contribution in [0.5, 0.6) is 11.5 Å². The summed E-state index contributed by atoms with van der Waals surface area (Å²) in [4.78, 5) is 121. The van der Waals surface area contributed by atoms with E-state index >= 15 is 0 Å². The normalized spacial score (nSPS) is 25.8. The Morgan fingerprint density at radius 3 is 1.95 bits per heavy atom. The van der Waals surface area contributed by atoms with Crippen LogP contribution in [-0.4, -0.2) is 233 Å². The zero-order chi connectivity index (χ0) is 70.8. The number of aliphatic hydroxyl groups excluding tert-OH is 6. The summed E-state index contributed by atoms with van der Waals surface area (Å²) in [6.45, 7) is 5.03. The van der Waals surface area contributed by atoms with E-state index in [9.17, 15) is 79.4 Å². The number of carbonyl (C=O) groups excluding carboxylic acids is 8. The molecule has 8 amide bonds. The predicted octanol–water partition coefficient (Wildman–Crippen LogP) is -4.31. The minimum atomic E-state index is -2.22. The van der Waals surface area contributed by atoms with Gasteiger partial charge in [-0.2, -0.15) is 0 Å². The standard InChI is InChI=1S/C66H82N12O19S2.Na/c1-34-32-78-56(57(34)86)62(91)68-31-44(80)28-46(69-58(87)39-11-15-41(16-12-39)64-74-73-63(98-64)40-13-9-37(10-14-40)38-17-19-43(20-18-38)76-24-22-75(23-25-76)42-6-4-3-5-7-42)59(88)70-53(35(2)79)65(92)77-33-45(81)29-47(77)60(89)71-54(61(90)72-55(66(78)93)50(84)30-52(67)85)49(83)26-36-8-21-48(82)51(27-36)95-99-97-96-94;/h8-21,27,34-35,42,44-47,49-50,53-57,79-84,86,94H,3-7,22-26,28-33H2,1-2H3,(H2,67,85)(H,68,91)(H,69,87)(H,70,88)(H,71,89)(H,72,90);/q;+1/p-1/t34?,35?,44?,45?,46-,47?,49?,50?,53?,54?,55?,56?,57?;/m0./s1. The van der Waals surface area contributed by atoms with Gasteiger partial charge < -0.3 is 92.2 Å². The van der Waals surface area contributed by atoms with Gasteiger partial charge in [0.05, 0.1) is 43.0 Å². The minimum Gasteiger partial charge on any atom is -0.691 e. The molecule has 31 nitrogen and oxygen atoms in total. The average molecular weight is 1430 g/mol. The second kappa shape index (κ2) is 35.0. The van der Waals surface area contributed by atoms with E-state index in [1.165, 1.54) is 74.3 Å². The van der Waals surface area contributed by atoms with Crippen LogP contribution in [0.4, 0.5) is 5.69 Å². The van der Waals surface area contributed by atoms with Crippen LogP contribution in [-0.2, 0) is 49.4 Å². The number of anilines is 1. The number of β-amino-alcohol motifs (C(OH)–C–C–N with tert-alkyl or cyclic N) is 1. The quantitative estimate of drug-likeness (QED) is 0.0130. The number of carbonyl (C=O) groups is 8. The van der Waals surface area contributed by atoms with Gasteiger partial charge in [0.1, 0.15) is 46.3 Å². The third-order valence-corrected chi connectivity index (χ3v) is 20.1. The van der Waals surface area contributed by atoms with Crippen molar-refractivity contribution in [2.75, 3.05) is 50.7 Å². The molecule has 10 rings (SSSR count). The molecule has 532 valence electrons. The zero-order valence-corrected chi connectivity index (χ0v) is 58.8. The summed E-state index contributed by atoms with van der Waals surface area (Å²) in [5.74, 6) is -11.2. The first-order valence-electron chi connectivity index (χ1n) is 32.7. The van der Waals surface area contributed by atoms with E-state index in [1.807, 2.05) is 24.3 Å². The fourth-order valence-corrected chi connectivity index (χ4v) is 14.5. The Kier molecular flexibility index (Phi) is 26.8. The molecule has 4 aliphatic heterocycles. The van der Waals surface area contributed by atoms with Crippen LogP contribution in [0, 0.1) is 5.92 Å². The minimum absolute atomic E-state index is 0. The van der Waals surface area contributed by atoms with E-state index in [1.54, 1.807) is 12.1 Å². The number of phenols is 1. The van der Waals surface area contributed by atoms with E-state index in [2.05, 4.69) is 80.2 Å². The van der Waals surface area contributed by atoms with Crippen molar-refractivity contribution in [3.8, 4) is 43.8 Å². The summed E-state index contributed by atoms with van der Waals surface area (Å²) < 4.78 is 9.17. The van der Waals surface area contributed by atoms with Crippen LogP contribution < -0.4 is 76.2 Å². The first kappa shape index (κ1) is 76.7. The van der Waals surface area contributed by atoms with Gasteiger partial charge >= 0.3 is 29.6 Å². The fourth-order valence-electron chi connectivity index (χ4n) is 13.3. The molecule has 34 heteroatoms. The Morgan fingerprint density at radius 2 is 1.32 bits per heavy atom. The number of fused-ring (bicyclic) bond motifs is 2. The number of phenolic OH excluding ortho intramolecular Hbond substituents is 1. The number of piperazine rings is 1. The zero-order valence-electron chi connectivity index (χ0n) is 55.2. The van der Waals surface area contributed by atoms with E-state index in [0.29, 0.717) is 15.6 Å². The van der Waals surface area contributed by atoms with Gasteiger partial charge in [-0.25, -0.2) is 0 Å². The summed E-state index contributed by atoms with van der Waals surface area (Å²) in [5, 5.41) is 115. The number of primary amides is 1. The summed E-state index contributed by atoms with van der Waals surface area (Å²) >= 11 is 1.31. The molecule has 1 saturated carbocycles. The van der Waals surface area contributed by atoms with Crippen molar-refractivity contribution >= 4 is 76.6 Å². The second-order valence-electron chi connectivity index (χ2n) is 25.7. The molecule has 0 bridgehead atoms. The SMILES string of the molecule is CC(O)C1NC(=O)[C@@H](NC(=O)c2ccc(-c3nnc(-c4ccc(-c5ccc(N6CCN(C7CCCCC7)CC6)cc5)cc4)s3)cc2)CC(O)CNC(=O)C2C(O)C(C)CN2C(=O)C(C(O)CC(N)=O)NC(=O)C(C(O)Cc2ccc(O)c(OSOO[O-])c2)NC(=O)C2CC(O)CN2C1=O.[Na+]. The molecule has 0 spiro atoms. The van der Waals surface area contributed by atoms with Crippen molar-refractivity contribution in [3.63, 3.8) is 0 Å². The number of aromatic nitrogens is 2.